The van der Waals surface area contributed by atoms with Crippen molar-refractivity contribution in [2.45, 2.75) is 18.7 Å². The van der Waals surface area contributed by atoms with Crippen molar-refractivity contribution in [2.75, 3.05) is 5.73 Å². The monoisotopic (exact) mass is 336 g/mol. The molecule has 114 valence electrons. The molecule has 8 heteroatoms. The normalized spacial score (nSPS) is 12.0. The van der Waals surface area contributed by atoms with Gasteiger partial charge in [-0.15, -0.1) is 0 Å². The lowest BCUT2D eigenvalue weighted by molar-refractivity contribution is 0.588. The highest BCUT2D eigenvalue weighted by atomic mass is 35.5. The number of nitrogens with two attached hydrogens (primary N) is 1. The fourth-order valence-electron chi connectivity index (χ4n) is 2.25. The van der Waals surface area contributed by atoms with Crippen LogP contribution in [0.1, 0.15) is 11.1 Å². The average Bonchev–Trinajstić information content (AvgIpc) is 2.77. The molecule has 0 saturated heterocycles. The first-order chi connectivity index (χ1) is 10.3. The number of aryl methyl sites for hydroxylation is 2. The number of nitrogen functional groups attached to an aromatic ring is 1. The maximum atomic E-state index is 12.8. The van der Waals surface area contributed by atoms with Crippen LogP contribution in [0.25, 0.3) is 11.0 Å². The van der Waals surface area contributed by atoms with E-state index in [4.69, 9.17) is 17.3 Å². The molecule has 3 rings (SSSR count). The Hall–Kier alpha value is -2.12. The molecule has 3 aromatic rings. The van der Waals surface area contributed by atoms with Crippen LogP contribution in [0.3, 0.4) is 0 Å². The molecule has 0 aliphatic carbocycles. The van der Waals surface area contributed by atoms with Crippen molar-refractivity contribution in [3.05, 3.63) is 46.7 Å². The molecular weight excluding hydrogens is 324 g/mol. The second-order valence-corrected chi connectivity index (χ2v) is 7.17. The molecule has 1 aromatic carbocycles. The van der Waals surface area contributed by atoms with Gasteiger partial charge >= 0.3 is 0 Å². The van der Waals surface area contributed by atoms with Crippen LogP contribution in [0.15, 0.2) is 35.4 Å². The van der Waals surface area contributed by atoms with E-state index in [-0.39, 0.29) is 21.6 Å². The van der Waals surface area contributed by atoms with E-state index >= 15 is 0 Å². The lowest BCUT2D eigenvalue weighted by Gasteiger charge is -2.07. The van der Waals surface area contributed by atoms with Crippen LogP contribution < -0.4 is 5.73 Å². The molecular formula is C14H13ClN4O2S. The minimum atomic E-state index is -3.78. The summed E-state index contributed by atoms with van der Waals surface area (Å²) in [5, 5.41) is 0.615. The van der Waals surface area contributed by atoms with Gasteiger partial charge in [-0.1, -0.05) is 29.3 Å². The van der Waals surface area contributed by atoms with Gasteiger partial charge < -0.3 is 5.73 Å². The number of anilines is 1. The molecule has 6 nitrogen and oxygen atoms in total. The first kappa shape index (κ1) is 14.8. The molecule has 0 atom stereocenters. The van der Waals surface area contributed by atoms with Crippen LogP contribution in [-0.2, 0) is 10.0 Å². The van der Waals surface area contributed by atoms with Crippen molar-refractivity contribution in [3.8, 4) is 0 Å². The molecule has 0 bridgehead atoms. The summed E-state index contributed by atoms with van der Waals surface area (Å²) in [5.41, 5.74) is 7.40. The number of nitrogens with zero attached hydrogens (tertiary/aromatic N) is 3. The van der Waals surface area contributed by atoms with Crippen LogP contribution in [-0.4, -0.2) is 22.4 Å². The largest absolute Gasteiger partial charge is 0.368 e. The van der Waals surface area contributed by atoms with E-state index in [0.29, 0.717) is 10.9 Å². The molecule has 22 heavy (non-hydrogen) atoms. The van der Waals surface area contributed by atoms with Crippen LogP contribution in [0.2, 0.25) is 5.15 Å². The summed E-state index contributed by atoms with van der Waals surface area (Å²) >= 11 is 6.06. The third-order valence-electron chi connectivity index (χ3n) is 3.35. The quantitative estimate of drug-likeness (QED) is 0.726. The molecule has 0 aliphatic rings. The van der Waals surface area contributed by atoms with Gasteiger partial charge in [0.05, 0.1) is 10.3 Å². The minimum absolute atomic E-state index is 0.0732. The lowest BCUT2D eigenvalue weighted by Crippen LogP contribution is -2.13. The Morgan fingerprint density at radius 2 is 1.77 bits per heavy atom. The van der Waals surface area contributed by atoms with Gasteiger partial charge in [0.15, 0.2) is 5.65 Å². The fourth-order valence-corrected chi connectivity index (χ4v) is 3.93. The Bertz CT molecular complexity index is 978. The second-order valence-electron chi connectivity index (χ2n) is 5.00. The maximum absolute atomic E-state index is 12.8. The molecule has 2 N–H and O–H groups in total. The van der Waals surface area contributed by atoms with Crippen molar-refractivity contribution < 1.29 is 8.42 Å². The van der Waals surface area contributed by atoms with E-state index in [1.54, 1.807) is 31.2 Å². The molecule has 0 amide bonds. The van der Waals surface area contributed by atoms with Crippen LogP contribution in [0, 0.1) is 13.8 Å². The predicted molar refractivity (Wildman–Crippen MR) is 85.5 cm³/mol. The summed E-state index contributed by atoms with van der Waals surface area (Å²) in [6.07, 6.45) is 1.47. The molecule has 0 saturated carbocycles. The Balaban J connectivity index is 2.32. The number of rotatable bonds is 2. The second kappa shape index (κ2) is 4.96. The van der Waals surface area contributed by atoms with Gasteiger partial charge in [0.1, 0.15) is 5.15 Å². The number of hydrogen-bond acceptors (Lipinski definition) is 5. The summed E-state index contributed by atoms with van der Waals surface area (Å²) in [6.45, 7) is 3.63. The summed E-state index contributed by atoms with van der Waals surface area (Å²) in [4.78, 5) is 8.07. The molecule has 2 aromatic heterocycles. The zero-order valence-electron chi connectivity index (χ0n) is 11.9. The van der Waals surface area contributed by atoms with E-state index in [0.717, 1.165) is 9.54 Å². The van der Waals surface area contributed by atoms with Gasteiger partial charge in [-0.2, -0.15) is 4.98 Å². The third-order valence-corrected chi connectivity index (χ3v) is 5.29. The van der Waals surface area contributed by atoms with Crippen LogP contribution in [0.4, 0.5) is 5.95 Å². The average molecular weight is 337 g/mol. The topological polar surface area (TPSA) is 90.9 Å². The van der Waals surface area contributed by atoms with Crippen LogP contribution >= 0.6 is 11.6 Å². The highest BCUT2D eigenvalue weighted by Crippen LogP contribution is 2.29. The van der Waals surface area contributed by atoms with Gasteiger partial charge in [-0.25, -0.2) is 17.4 Å². The lowest BCUT2D eigenvalue weighted by atomic mass is 10.2. The Kier molecular flexibility index (Phi) is 3.34. The van der Waals surface area contributed by atoms with Crippen molar-refractivity contribution >= 4 is 38.6 Å². The SMILES string of the molecule is Cc1ccc(S(=O)(=O)n2cc(C)c3c(Cl)nc(N)nc32)cc1. The predicted octanol–water partition coefficient (Wildman–Crippen LogP) is 2.52. The van der Waals surface area contributed by atoms with Gasteiger partial charge in [0, 0.05) is 6.20 Å². The Morgan fingerprint density at radius 3 is 2.41 bits per heavy atom. The fraction of sp³-hybridized carbons (Fsp3) is 0.143. The summed E-state index contributed by atoms with van der Waals surface area (Å²) in [6, 6.07) is 6.58. The van der Waals surface area contributed by atoms with E-state index < -0.39 is 10.0 Å². The number of hydrogen-bond donors (Lipinski definition) is 1. The number of benzene rings is 1. The summed E-state index contributed by atoms with van der Waals surface area (Å²) < 4.78 is 26.7. The number of halogens is 1. The Morgan fingerprint density at radius 1 is 1.14 bits per heavy atom. The molecule has 0 radical (unpaired) electrons. The maximum Gasteiger partial charge on any atom is 0.269 e. The number of fused-ring (bicyclic) bond motifs is 1. The Labute approximate surface area is 132 Å². The highest BCUT2D eigenvalue weighted by Gasteiger charge is 2.23. The summed E-state index contributed by atoms with van der Waals surface area (Å²) in [5.74, 6) is -0.0732. The standard InChI is InChI=1S/C14H13ClN4O2S/c1-8-3-5-10(6-4-8)22(20,21)19-7-9(2)11-12(15)17-14(16)18-13(11)19/h3-7H,1-2H3,(H2,16,17,18). The van der Waals surface area contributed by atoms with Crippen molar-refractivity contribution in [1.82, 2.24) is 13.9 Å². The zero-order valence-corrected chi connectivity index (χ0v) is 13.5. The first-order valence-electron chi connectivity index (χ1n) is 6.43. The van der Waals surface area contributed by atoms with E-state index in [1.807, 2.05) is 6.92 Å². The third kappa shape index (κ3) is 2.22. The zero-order chi connectivity index (χ0) is 16.1. The van der Waals surface area contributed by atoms with Crippen molar-refractivity contribution in [3.63, 3.8) is 0 Å². The number of aromatic nitrogens is 3. The van der Waals surface area contributed by atoms with Crippen molar-refractivity contribution in [2.24, 2.45) is 0 Å². The van der Waals surface area contributed by atoms with Gasteiger partial charge in [0.2, 0.25) is 5.95 Å². The molecule has 0 aliphatic heterocycles. The summed E-state index contributed by atoms with van der Waals surface area (Å²) in [7, 11) is -3.78. The van der Waals surface area contributed by atoms with Crippen molar-refractivity contribution in [1.29, 1.82) is 0 Å². The minimum Gasteiger partial charge on any atom is -0.368 e. The molecule has 0 unspecified atom stereocenters. The van der Waals surface area contributed by atoms with Gasteiger partial charge in [-0.3, -0.25) is 0 Å². The highest BCUT2D eigenvalue weighted by molar-refractivity contribution is 7.90. The smallest absolute Gasteiger partial charge is 0.269 e. The molecule has 0 spiro atoms. The van der Waals surface area contributed by atoms with Gasteiger partial charge in [0.25, 0.3) is 10.0 Å². The first-order valence-corrected chi connectivity index (χ1v) is 8.25. The van der Waals surface area contributed by atoms with Gasteiger partial charge in [-0.05, 0) is 31.5 Å². The van der Waals surface area contributed by atoms with Crippen LogP contribution in [0.5, 0.6) is 0 Å². The van der Waals surface area contributed by atoms with E-state index in [2.05, 4.69) is 9.97 Å². The molecule has 0 fully saturated rings. The van der Waals surface area contributed by atoms with E-state index in [1.165, 1.54) is 6.20 Å². The van der Waals surface area contributed by atoms with E-state index in [9.17, 15) is 8.42 Å². The molecule has 2 heterocycles.